The van der Waals surface area contributed by atoms with E-state index in [1.165, 1.54) is 27.4 Å². The van der Waals surface area contributed by atoms with Gasteiger partial charge in [-0.3, -0.25) is 4.79 Å². The van der Waals surface area contributed by atoms with Gasteiger partial charge < -0.3 is 10.6 Å². The Morgan fingerprint density at radius 3 is 2.54 bits per heavy atom. The van der Waals surface area contributed by atoms with Gasteiger partial charge in [-0.05, 0) is 34.9 Å². The molecule has 2 N–H and O–H groups in total. The molecule has 1 amide bonds. The lowest BCUT2D eigenvalue weighted by molar-refractivity contribution is 0.0754. The molecule has 0 atom stereocenters. The number of carbonyl (C=O) groups excluding carboxylic acids is 1. The van der Waals surface area contributed by atoms with Gasteiger partial charge in [-0.25, -0.2) is 13.0 Å². The third-order valence-corrected chi connectivity index (χ3v) is 6.62. The predicted molar refractivity (Wildman–Crippen MR) is 94.5 cm³/mol. The number of carbonyl (C=O) groups is 1. The van der Waals surface area contributed by atoms with Crippen molar-refractivity contribution in [2.24, 2.45) is 0 Å². The van der Waals surface area contributed by atoms with Crippen molar-refractivity contribution >= 4 is 45.0 Å². The van der Waals surface area contributed by atoms with Crippen LogP contribution in [0.15, 0.2) is 27.7 Å². The molecule has 0 radical (unpaired) electrons. The molecule has 0 saturated carbocycles. The molecule has 1 fully saturated rings. The van der Waals surface area contributed by atoms with Crippen LogP contribution in [0.2, 0.25) is 10.0 Å². The van der Waals surface area contributed by atoms with E-state index in [2.05, 4.69) is 14.9 Å². The summed E-state index contributed by atoms with van der Waals surface area (Å²) in [6, 6.07) is 4.15. The van der Waals surface area contributed by atoms with Crippen molar-refractivity contribution in [3.8, 4) is 0 Å². The van der Waals surface area contributed by atoms with Crippen LogP contribution in [0.1, 0.15) is 16.9 Å². The van der Waals surface area contributed by atoms with E-state index in [-0.39, 0.29) is 46.1 Å². The van der Waals surface area contributed by atoms with Crippen LogP contribution in [0.3, 0.4) is 0 Å². The van der Waals surface area contributed by atoms with Gasteiger partial charge in [-0.2, -0.15) is 4.31 Å². The van der Waals surface area contributed by atoms with Crippen molar-refractivity contribution in [1.82, 2.24) is 19.5 Å². The molecule has 1 saturated heterocycles. The first-order valence-electron chi connectivity index (χ1n) is 7.63. The zero-order valence-corrected chi connectivity index (χ0v) is 15.8. The van der Waals surface area contributed by atoms with Crippen molar-refractivity contribution in [3.05, 3.63) is 33.9 Å². The van der Waals surface area contributed by atoms with Gasteiger partial charge in [0.05, 0.1) is 14.9 Å². The maximum atomic E-state index is 12.8. The highest BCUT2D eigenvalue weighted by Gasteiger charge is 2.30. The minimum absolute atomic E-state index is 0.0524. The van der Waals surface area contributed by atoms with E-state index in [1.54, 1.807) is 0 Å². The highest BCUT2D eigenvalue weighted by atomic mass is 35.5. The van der Waals surface area contributed by atoms with E-state index in [1.807, 2.05) is 0 Å². The fraction of sp³-hybridized carbons (Fsp3) is 0.357. The molecule has 2 heterocycles. The number of benzene rings is 1. The zero-order chi connectivity index (χ0) is 18.9. The molecule has 140 valence electrons. The highest BCUT2D eigenvalue weighted by Crippen LogP contribution is 2.27. The van der Waals surface area contributed by atoms with Gasteiger partial charge in [0.25, 0.3) is 5.91 Å². The third kappa shape index (κ3) is 3.63. The molecule has 9 nitrogen and oxygen atoms in total. The highest BCUT2D eigenvalue weighted by molar-refractivity contribution is 7.89. The van der Waals surface area contributed by atoms with Gasteiger partial charge in [0.2, 0.25) is 21.5 Å². The van der Waals surface area contributed by atoms with E-state index in [9.17, 15) is 13.2 Å². The van der Waals surface area contributed by atoms with Gasteiger partial charge in [0.15, 0.2) is 0 Å². The molecule has 0 unspecified atom stereocenters. The first kappa shape index (κ1) is 18.9. The summed E-state index contributed by atoms with van der Waals surface area (Å²) in [5.74, 6) is -0.544. The van der Waals surface area contributed by atoms with Crippen molar-refractivity contribution in [1.29, 1.82) is 0 Å². The standard InChI is InChI=1S/C14H15Cl2N5O4S/c15-10-3-2-9(8-11(10)16)26(23,24)21-5-1-4-20(6-7-21)14(22)12-13(17)19-25-18-12/h2-3,8H,1,4-7H2,(H2,17,19). The Morgan fingerprint density at radius 2 is 1.88 bits per heavy atom. The molecule has 3 rings (SSSR count). The SMILES string of the molecule is Nc1nonc1C(=O)N1CCCN(S(=O)(=O)c2ccc(Cl)c(Cl)c2)CC1. The van der Waals surface area contributed by atoms with Crippen LogP contribution < -0.4 is 5.73 Å². The van der Waals surface area contributed by atoms with Gasteiger partial charge in [0, 0.05) is 26.2 Å². The van der Waals surface area contributed by atoms with E-state index >= 15 is 0 Å². The Bertz CT molecular complexity index is 933. The predicted octanol–water partition coefficient (Wildman–Crippen LogP) is 1.50. The Kier molecular flexibility index (Phi) is 5.37. The molecule has 2 aromatic rings. The first-order valence-corrected chi connectivity index (χ1v) is 9.83. The average Bonchev–Trinajstić information content (AvgIpc) is 2.88. The Balaban J connectivity index is 1.76. The monoisotopic (exact) mass is 419 g/mol. The molecular formula is C14H15Cl2N5O4S. The van der Waals surface area contributed by atoms with Gasteiger partial charge in [0.1, 0.15) is 0 Å². The molecule has 1 aromatic carbocycles. The lowest BCUT2D eigenvalue weighted by Crippen LogP contribution is -2.37. The lowest BCUT2D eigenvalue weighted by atomic mass is 10.3. The van der Waals surface area contributed by atoms with Crippen LogP contribution in [-0.2, 0) is 10.0 Å². The fourth-order valence-corrected chi connectivity index (χ4v) is 4.48. The quantitative estimate of drug-likeness (QED) is 0.798. The summed E-state index contributed by atoms with van der Waals surface area (Å²) in [5.41, 5.74) is 5.46. The lowest BCUT2D eigenvalue weighted by Gasteiger charge is -2.21. The van der Waals surface area contributed by atoms with E-state index in [0.29, 0.717) is 13.0 Å². The van der Waals surface area contributed by atoms with E-state index in [4.69, 9.17) is 28.9 Å². The molecule has 0 spiro atoms. The summed E-state index contributed by atoms with van der Waals surface area (Å²) in [7, 11) is -3.75. The van der Waals surface area contributed by atoms with Gasteiger partial charge in [-0.1, -0.05) is 23.2 Å². The molecule has 0 bridgehead atoms. The summed E-state index contributed by atoms with van der Waals surface area (Å²) in [5, 5.41) is 7.31. The number of aromatic nitrogens is 2. The number of nitrogen functional groups attached to an aromatic ring is 1. The molecule has 1 aliphatic rings. The summed E-state index contributed by atoms with van der Waals surface area (Å²) < 4.78 is 31.4. The topological polar surface area (TPSA) is 123 Å². The zero-order valence-electron chi connectivity index (χ0n) is 13.4. The molecular weight excluding hydrogens is 405 g/mol. The number of hydrogen-bond acceptors (Lipinski definition) is 7. The van der Waals surface area contributed by atoms with Gasteiger partial charge >= 0.3 is 0 Å². The summed E-state index contributed by atoms with van der Waals surface area (Å²) >= 11 is 11.8. The Morgan fingerprint density at radius 1 is 1.12 bits per heavy atom. The Labute approximate surface area is 159 Å². The summed E-state index contributed by atoms with van der Waals surface area (Å²) in [6.45, 7) is 0.933. The number of rotatable bonds is 3. The molecule has 26 heavy (non-hydrogen) atoms. The maximum Gasteiger partial charge on any atom is 0.280 e. The van der Waals surface area contributed by atoms with Crippen molar-refractivity contribution in [2.75, 3.05) is 31.9 Å². The molecule has 1 aliphatic heterocycles. The van der Waals surface area contributed by atoms with E-state index < -0.39 is 15.9 Å². The second-order valence-electron chi connectivity index (χ2n) is 5.62. The van der Waals surface area contributed by atoms with Crippen LogP contribution in [-0.4, -0.2) is 60.0 Å². The normalized spacial score (nSPS) is 16.5. The van der Waals surface area contributed by atoms with Crippen LogP contribution in [0, 0.1) is 0 Å². The summed E-state index contributed by atoms with van der Waals surface area (Å²) in [6.07, 6.45) is 0.456. The molecule has 1 aromatic heterocycles. The number of hydrogen-bond donors (Lipinski definition) is 1. The molecule has 12 heteroatoms. The molecule has 0 aliphatic carbocycles. The van der Waals surface area contributed by atoms with Crippen molar-refractivity contribution in [3.63, 3.8) is 0 Å². The number of anilines is 1. The number of halogens is 2. The maximum absolute atomic E-state index is 12.8. The minimum atomic E-state index is -3.75. The summed E-state index contributed by atoms with van der Waals surface area (Å²) in [4.78, 5) is 14.0. The largest absolute Gasteiger partial charge is 0.379 e. The van der Waals surface area contributed by atoms with Crippen LogP contribution in [0.25, 0.3) is 0 Å². The second kappa shape index (κ2) is 7.39. The number of sulfonamides is 1. The van der Waals surface area contributed by atoms with Gasteiger partial charge in [-0.15, -0.1) is 0 Å². The first-order chi connectivity index (χ1) is 12.3. The number of nitrogens with two attached hydrogens (primary N) is 1. The van der Waals surface area contributed by atoms with Crippen LogP contribution >= 0.6 is 23.2 Å². The van der Waals surface area contributed by atoms with E-state index in [0.717, 1.165) is 0 Å². The minimum Gasteiger partial charge on any atom is -0.379 e. The fourth-order valence-electron chi connectivity index (χ4n) is 2.62. The van der Waals surface area contributed by atoms with Crippen molar-refractivity contribution in [2.45, 2.75) is 11.3 Å². The van der Waals surface area contributed by atoms with Crippen LogP contribution in [0.5, 0.6) is 0 Å². The third-order valence-electron chi connectivity index (χ3n) is 3.99. The smallest absolute Gasteiger partial charge is 0.280 e. The number of nitrogens with zero attached hydrogens (tertiary/aromatic N) is 4. The van der Waals surface area contributed by atoms with Crippen molar-refractivity contribution < 1.29 is 17.8 Å². The second-order valence-corrected chi connectivity index (χ2v) is 8.38. The number of amides is 1. The Hall–Kier alpha value is -1.88. The average molecular weight is 420 g/mol. The van der Waals surface area contributed by atoms with Crippen LogP contribution in [0.4, 0.5) is 5.82 Å².